The Bertz CT molecular complexity index is 1020. The lowest BCUT2D eigenvalue weighted by Gasteiger charge is -2.57. The number of aliphatic hydroxyl groups excluding tert-OH is 1. The molecule has 2 saturated carbocycles. The Hall–Kier alpha value is -0.890. The van der Waals surface area contributed by atoms with Crippen LogP contribution in [0.25, 0.3) is 0 Å². The molecule has 0 aromatic carbocycles. The van der Waals surface area contributed by atoms with Gasteiger partial charge in [-0.3, -0.25) is 4.79 Å². The van der Waals surface area contributed by atoms with E-state index in [-0.39, 0.29) is 48.1 Å². The third-order valence-electron chi connectivity index (χ3n) is 12.0. The summed E-state index contributed by atoms with van der Waals surface area (Å²) in [6.07, 6.45) is 4.20. The van der Waals surface area contributed by atoms with Crippen LogP contribution in [-0.4, -0.2) is 86.4 Å². The summed E-state index contributed by atoms with van der Waals surface area (Å²) >= 11 is 0. The lowest BCUT2D eigenvalue weighted by Crippen LogP contribution is -2.67. The molecule has 0 aromatic heterocycles. The minimum absolute atomic E-state index is 0.00391. The van der Waals surface area contributed by atoms with Gasteiger partial charge < -0.3 is 49.2 Å². The number of hydrogen-bond donors (Lipinski definition) is 5. The van der Waals surface area contributed by atoms with Crippen LogP contribution in [0.3, 0.4) is 0 Å². The van der Waals surface area contributed by atoms with Crippen LogP contribution in [0.4, 0.5) is 0 Å². The van der Waals surface area contributed by atoms with Gasteiger partial charge in [0.25, 0.3) is 0 Å². The van der Waals surface area contributed by atoms with Crippen molar-refractivity contribution in [2.75, 3.05) is 13.2 Å². The van der Waals surface area contributed by atoms with E-state index in [1.807, 2.05) is 6.92 Å². The van der Waals surface area contributed by atoms with E-state index < -0.39 is 41.6 Å². The third-order valence-corrected chi connectivity index (χ3v) is 12.0. The van der Waals surface area contributed by atoms with Gasteiger partial charge in [0.15, 0.2) is 24.2 Å². The SMILES string of the molecule is C[C@@H]1CCC2[C@@H](C)C(=O)O[C@@H]3O[C@@](C)(O)CCC1[C@@]23O.C[C@H]1C(OCCCO)O[C@@H]2O[C@@](C)(O)CCC3[C@H](C)CCC1[C@]32O. The summed E-state index contributed by atoms with van der Waals surface area (Å²) in [4.78, 5) is 12.0. The molecule has 0 spiro atoms. The van der Waals surface area contributed by atoms with Gasteiger partial charge in [0.2, 0.25) is 6.29 Å². The van der Waals surface area contributed by atoms with Gasteiger partial charge in [-0.1, -0.05) is 27.7 Å². The Kier molecular flexibility index (Phi) is 9.88. The molecule has 11 nitrogen and oxygen atoms in total. The van der Waals surface area contributed by atoms with Gasteiger partial charge in [-0.15, -0.1) is 0 Å². The van der Waals surface area contributed by atoms with E-state index in [0.29, 0.717) is 44.1 Å². The minimum atomic E-state index is -1.36. The second-order valence-electron chi connectivity index (χ2n) is 15.2. The van der Waals surface area contributed by atoms with Crippen molar-refractivity contribution in [3.05, 3.63) is 0 Å². The first-order chi connectivity index (χ1) is 20.5. The zero-order valence-electron chi connectivity index (χ0n) is 27.3. The smallest absolute Gasteiger partial charge is 0.311 e. The Morgan fingerprint density at radius 3 is 1.84 bits per heavy atom. The standard InChI is InChI=1S/C18H32O6.C15H24O5/c1-11-5-6-14-12(2)15(22-10-4-9-19)23-16-18(14,21)13(11)7-8-17(3,20)24-16;1-8-4-5-11-9(2)12(16)19-13-15(11,18)10(8)6-7-14(3,17)20-13/h11-16,19-21H,4-10H2,1-3H3;8-11,13,17-18H,4-7H2,1-3H3/t11-,12-,13?,14?,15?,16-,17-,18-;8-,9-,10?,11?,13-,14-,15-/m11/s1. The first-order valence-electron chi connectivity index (χ1n) is 16.9. The first kappa shape index (κ1) is 34.4. The van der Waals surface area contributed by atoms with Crippen molar-refractivity contribution in [1.82, 2.24) is 0 Å². The van der Waals surface area contributed by atoms with Crippen LogP contribution in [0.5, 0.6) is 0 Å². The van der Waals surface area contributed by atoms with Gasteiger partial charge in [0.1, 0.15) is 11.2 Å². The van der Waals surface area contributed by atoms with Crippen molar-refractivity contribution >= 4 is 5.97 Å². The van der Waals surface area contributed by atoms with E-state index in [9.17, 15) is 25.2 Å². The van der Waals surface area contributed by atoms with Crippen molar-refractivity contribution < 1.29 is 54.0 Å². The topological polar surface area (TPSA) is 164 Å². The number of carbonyl (C=O) groups is 1. The van der Waals surface area contributed by atoms with E-state index in [4.69, 9.17) is 28.8 Å². The highest BCUT2D eigenvalue weighted by Gasteiger charge is 2.65. The molecule has 2 aliphatic carbocycles. The monoisotopic (exact) mass is 628 g/mol. The molecule has 6 aliphatic rings. The van der Waals surface area contributed by atoms with Crippen molar-refractivity contribution in [2.24, 2.45) is 47.3 Å². The van der Waals surface area contributed by atoms with Gasteiger partial charge >= 0.3 is 5.97 Å². The fraction of sp³-hybridized carbons (Fsp3) is 0.970. The second-order valence-corrected chi connectivity index (χ2v) is 15.2. The van der Waals surface area contributed by atoms with E-state index >= 15 is 0 Å². The fourth-order valence-electron chi connectivity index (χ4n) is 9.41. The molecular weight excluding hydrogens is 572 g/mol. The van der Waals surface area contributed by atoms with E-state index in [1.54, 1.807) is 13.8 Å². The largest absolute Gasteiger partial charge is 0.432 e. The molecule has 0 aromatic rings. The van der Waals surface area contributed by atoms with Crippen LogP contribution >= 0.6 is 0 Å². The molecule has 0 radical (unpaired) electrons. The maximum atomic E-state index is 12.0. The maximum Gasteiger partial charge on any atom is 0.311 e. The molecule has 0 amide bonds. The van der Waals surface area contributed by atoms with Crippen LogP contribution in [0.15, 0.2) is 0 Å². The summed E-state index contributed by atoms with van der Waals surface area (Å²) in [6, 6.07) is 0. The average molecular weight is 629 g/mol. The molecule has 4 heterocycles. The fourth-order valence-corrected chi connectivity index (χ4v) is 9.41. The molecule has 6 fully saturated rings. The Morgan fingerprint density at radius 2 is 1.27 bits per heavy atom. The third kappa shape index (κ3) is 6.10. The van der Waals surface area contributed by atoms with Crippen LogP contribution in [0.2, 0.25) is 0 Å². The quantitative estimate of drug-likeness (QED) is 0.230. The number of rotatable bonds is 4. The van der Waals surface area contributed by atoms with Crippen molar-refractivity contribution in [1.29, 1.82) is 0 Å². The van der Waals surface area contributed by atoms with Gasteiger partial charge in [0.05, 0.1) is 12.5 Å². The van der Waals surface area contributed by atoms with E-state index in [1.165, 1.54) is 0 Å². The number of hydrogen-bond acceptors (Lipinski definition) is 11. The van der Waals surface area contributed by atoms with E-state index in [2.05, 4.69) is 20.8 Å². The number of esters is 1. The van der Waals surface area contributed by atoms with Crippen molar-refractivity contribution in [2.45, 2.75) is 141 Å². The van der Waals surface area contributed by atoms with Gasteiger partial charge in [-0.05, 0) is 82.5 Å². The molecular formula is C33H56O11. The molecule has 5 unspecified atom stereocenters. The zero-order chi connectivity index (χ0) is 32.2. The highest BCUT2D eigenvalue weighted by Crippen LogP contribution is 2.56. The summed E-state index contributed by atoms with van der Waals surface area (Å²) in [7, 11) is 0. The zero-order valence-corrected chi connectivity index (χ0v) is 27.3. The lowest BCUT2D eigenvalue weighted by molar-refractivity contribution is -0.408. The average Bonchev–Trinajstić information content (AvgIpc) is 3.11. The van der Waals surface area contributed by atoms with E-state index in [0.717, 1.165) is 32.1 Å². The Balaban J connectivity index is 0.000000177. The predicted octanol–water partition coefficient (Wildman–Crippen LogP) is 3.03. The summed E-state index contributed by atoms with van der Waals surface area (Å²) in [5, 5.41) is 52.7. The van der Waals surface area contributed by atoms with Gasteiger partial charge in [-0.2, -0.15) is 0 Å². The Labute approximate surface area is 261 Å². The van der Waals surface area contributed by atoms with Gasteiger partial charge in [0, 0.05) is 37.2 Å². The Morgan fingerprint density at radius 1 is 0.750 bits per heavy atom. The molecule has 254 valence electrons. The van der Waals surface area contributed by atoms with Crippen molar-refractivity contribution in [3.8, 4) is 0 Å². The molecule has 6 rings (SSSR count). The predicted molar refractivity (Wildman–Crippen MR) is 157 cm³/mol. The molecule has 4 aliphatic heterocycles. The maximum absolute atomic E-state index is 12.0. The summed E-state index contributed by atoms with van der Waals surface area (Å²) in [5.41, 5.74) is -2.26. The normalized spacial score (nSPS) is 53.5. The molecule has 4 saturated heterocycles. The highest BCUT2D eigenvalue weighted by atomic mass is 16.8. The van der Waals surface area contributed by atoms with Crippen molar-refractivity contribution in [3.63, 3.8) is 0 Å². The van der Waals surface area contributed by atoms with Gasteiger partial charge in [-0.25, -0.2) is 0 Å². The molecule has 15 atom stereocenters. The molecule has 44 heavy (non-hydrogen) atoms. The second kappa shape index (κ2) is 12.6. The first-order valence-corrected chi connectivity index (χ1v) is 16.9. The summed E-state index contributed by atoms with van der Waals surface area (Å²) in [6.45, 7) is 11.8. The minimum Gasteiger partial charge on any atom is -0.432 e. The summed E-state index contributed by atoms with van der Waals surface area (Å²) < 4.78 is 28.6. The molecule has 5 N–H and O–H groups in total. The number of ether oxygens (including phenoxy) is 5. The highest BCUT2D eigenvalue weighted by molar-refractivity contribution is 5.74. The number of carbonyl (C=O) groups excluding carboxylic acids is 1. The van der Waals surface area contributed by atoms with Crippen LogP contribution in [0.1, 0.15) is 99.3 Å². The van der Waals surface area contributed by atoms with Crippen LogP contribution < -0.4 is 0 Å². The molecule has 0 bridgehead atoms. The lowest BCUT2D eigenvalue weighted by atomic mass is 9.58. The van der Waals surface area contributed by atoms with Crippen LogP contribution in [0, 0.1) is 47.3 Å². The summed E-state index contributed by atoms with van der Waals surface area (Å²) in [5.74, 6) is -2.67. The molecule has 11 heteroatoms. The number of aliphatic hydroxyl groups is 5. The van der Waals surface area contributed by atoms with Crippen LogP contribution in [-0.2, 0) is 28.5 Å².